The van der Waals surface area contributed by atoms with Crippen LogP contribution in [0.3, 0.4) is 0 Å². The number of fused-ring (bicyclic) bond motifs is 1. The zero-order chi connectivity index (χ0) is 26.8. The van der Waals surface area contributed by atoms with Gasteiger partial charge in [-0.2, -0.15) is 0 Å². The molecule has 3 aromatic rings. The highest BCUT2D eigenvalue weighted by atomic mass is 16.5. The molecule has 0 bridgehead atoms. The van der Waals surface area contributed by atoms with Crippen molar-refractivity contribution in [3.05, 3.63) is 59.0 Å². The van der Waals surface area contributed by atoms with Gasteiger partial charge in [-0.3, -0.25) is 4.79 Å². The van der Waals surface area contributed by atoms with Crippen LogP contribution in [0, 0.1) is 0 Å². The van der Waals surface area contributed by atoms with E-state index in [4.69, 9.17) is 13.9 Å². The maximum Gasteiger partial charge on any atom is 0.200 e. The van der Waals surface area contributed by atoms with Crippen LogP contribution in [0.15, 0.2) is 57.9 Å². The lowest BCUT2D eigenvalue weighted by Gasteiger charge is -2.09. The van der Waals surface area contributed by atoms with Crippen LogP contribution in [0.25, 0.3) is 22.1 Å². The predicted molar refractivity (Wildman–Crippen MR) is 160 cm³/mol. The Morgan fingerprint density at radius 1 is 0.605 bits per heavy atom. The van der Waals surface area contributed by atoms with Crippen LogP contribution in [-0.4, -0.2) is 13.2 Å². The van der Waals surface area contributed by atoms with Crippen molar-refractivity contribution in [2.75, 3.05) is 13.2 Å². The summed E-state index contributed by atoms with van der Waals surface area (Å²) in [6.45, 7) is 5.92. The second kappa shape index (κ2) is 17.7. The fourth-order valence-corrected chi connectivity index (χ4v) is 4.80. The fourth-order valence-electron chi connectivity index (χ4n) is 4.80. The Morgan fingerprint density at radius 2 is 1.11 bits per heavy atom. The van der Waals surface area contributed by atoms with Crippen molar-refractivity contribution >= 4 is 11.0 Å². The highest BCUT2D eigenvalue weighted by Crippen LogP contribution is 2.25. The minimum atomic E-state index is -0.0301. The first-order chi connectivity index (χ1) is 18.7. The van der Waals surface area contributed by atoms with Crippen LogP contribution >= 0.6 is 0 Å². The van der Waals surface area contributed by atoms with Gasteiger partial charge in [0.25, 0.3) is 0 Å². The lowest BCUT2D eigenvalue weighted by atomic mass is 10.1. The predicted octanol–water partition coefficient (Wildman–Crippen LogP) is 10.1. The molecule has 1 heterocycles. The molecule has 0 aliphatic heterocycles. The van der Waals surface area contributed by atoms with Gasteiger partial charge in [-0.05, 0) is 42.7 Å². The molecule has 4 heteroatoms. The van der Waals surface area contributed by atoms with Gasteiger partial charge in [-0.1, -0.05) is 109 Å². The Balaban J connectivity index is 1.44. The van der Waals surface area contributed by atoms with E-state index in [1.165, 1.54) is 83.5 Å². The molecular weight excluding hydrogens is 472 g/mol. The summed E-state index contributed by atoms with van der Waals surface area (Å²) in [7, 11) is 0. The summed E-state index contributed by atoms with van der Waals surface area (Å²) in [5, 5.41) is 0.570. The fraction of sp³-hybridized carbons (Fsp3) is 0.559. The van der Waals surface area contributed by atoms with Crippen LogP contribution in [0.1, 0.15) is 110 Å². The minimum Gasteiger partial charge on any atom is -0.494 e. The molecule has 0 spiro atoms. The maximum atomic E-state index is 13.2. The first kappa shape index (κ1) is 29.8. The summed E-state index contributed by atoms with van der Waals surface area (Å²) in [4.78, 5) is 13.2. The Hall–Kier alpha value is -2.75. The van der Waals surface area contributed by atoms with Crippen molar-refractivity contribution in [3.8, 4) is 22.6 Å². The van der Waals surface area contributed by atoms with E-state index in [1.807, 2.05) is 42.5 Å². The van der Waals surface area contributed by atoms with Crippen molar-refractivity contribution in [2.45, 2.75) is 110 Å². The first-order valence-electron chi connectivity index (χ1n) is 15.1. The van der Waals surface area contributed by atoms with Crippen molar-refractivity contribution in [2.24, 2.45) is 0 Å². The van der Waals surface area contributed by atoms with Gasteiger partial charge in [0.1, 0.15) is 23.3 Å². The molecule has 0 unspecified atom stereocenters. The molecule has 0 saturated heterocycles. The highest BCUT2D eigenvalue weighted by molar-refractivity contribution is 5.82. The smallest absolute Gasteiger partial charge is 0.200 e. The van der Waals surface area contributed by atoms with Crippen LogP contribution < -0.4 is 14.9 Å². The number of unbranched alkanes of at least 4 members (excludes halogenated alkanes) is 13. The van der Waals surface area contributed by atoms with Crippen LogP contribution in [0.2, 0.25) is 0 Å². The molecule has 0 saturated carbocycles. The zero-order valence-electron chi connectivity index (χ0n) is 23.8. The molecule has 0 atom stereocenters. The van der Waals surface area contributed by atoms with E-state index in [0.29, 0.717) is 23.1 Å². The normalized spacial score (nSPS) is 11.2. The summed E-state index contributed by atoms with van der Waals surface area (Å²) in [6.07, 6.45) is 20.6. The summed E-state index contributed by atoms with van der Waals surface area (Å²) in [6, 6.07) is 13.2. The number of hydrogen-bond donors (Lipinski definition) is 0. The second-order valence-corrected chi connectivity index (χ2v) is 10.5. The SMILES string of the molecule is CCCCCCCCCCOc1ccc(-c2coc3cc(OCCCCCCCCC)ccc3c2=O)cc1. The van der Waals surface area contributed by atoms with Gasteiger partial charge in [-0.15, -0.1) is 0 Å². The van der Waals surface area contributed by atoms with Gasteiger partial charge >= 0.3 is 0 Å². The topological polar surface area (TPSA) is 48.7 Å². The van der Waals surface area contributed by atoms with E-state index in [-0.39, 0.29) is 5.43 Å². The Bertz CT molecular complexity index is 1100. The quantitative estimate of drug-likeness (QED) is 0.139. The average Bonchev–Trinajstić information content (AvgIpc) is 2.94. The lowest BCUT2D eigenvalue weighted by molar-refractivity contribution is 0.304. The minimum absolute atomic E-state index is 0.0301. The maximum absolute atomic E-state index is 13.2. The third-order valence-corrected chi connectivity index (χ3v) is 7.19. The molecule has 0 radical (unpaired) electrons. The number of rotatable bonds is 20. The van der Waals surface area contributed by atoms with Gasteiger partial charge < -0.3 is 13.9 Å². The van der Waals surface area contributed by atoms with Gasteiger partial charge in [0, 0.05) is 6.07 Å². The van der Waals surface area contributed by atoms with Crippen molar-refractivity contribution in [1.29, 1.82) is 0 Å². The van der Waals surface area contributed by atoms with Crippen molar-refractivity contribution in [1.82, 2.24) is 0 Å². The average molecular weight is 521 g/mol. The van der Waals surface area contributed by atoms with E-state index < -0.39 is 0 Å². The van der Waals surface area contributed by atoms with E-state index in [0.717, 1.165) is 36.5 Å². The molecule has 4 nitrogen and oxygen atoms in total. The molecular formula is C34H48O4. The van der Waals surface area contributed by atoms with E-state index in [1.54, 1.807) is 6.26 Å². The molecule has 0 aliphatic rings. The van der Waals surface area contributed by atoms with E-state index in [2.05, 4.69) is 13.8 Å². The molecule has 0 fully saturated rings. The van der Waals surface area contributed by atoms with Crippen LogP contribution in [-0.2, 0) is 0 Å². The van der Waals surface area contributed by atoms with Crippen LogP contribution in [0.5, 0.6) is 11.5 Å². The summed E-state index contributed by atoms with van der Waals surface area (Å²) < 4.78 is 17.7. The summed E-state index contributed by atoms with van der Waals surface area (Å²) >= 11 is 0. The summed E-state index contributed by atoms with van der Waals surface area (Å²) in [5.74, 6) is 1.59. The van der Waals surface area contributed by atoms with Gasteiger partial charge in [-0.25, -0.2) is 0 Å². The monoisotopic (exact) mass is 520 g/mol. The second-order valence-electron chi connectivity index (χ2n) is 10.5. The highest BCUT2D eigenvalue weighted by Gasteiger charge is 2.10. The lowest BCUT2D eigenvalue weighted by Crippen LogP contribution is -2.05. The third kappa shape index (κ3) is 10.2. The Morgan fingerprint density at radius 3 is 1.68 bits per heavy atom. The van der Waals surface area contributed by atoms with Gasteiger partial charge in [0.05, 0.1) is 24.2 Å². The number of hydrogen-bond acceptors (Lipinski definition) is 4. The molecule has 208 valence electrons. The molecule has 2 aromatic carbocycles. The van der Waals surface area contributed by atoms with E-state index >= 15 is 0 Å². The molecule has 0 amide bonds. The molecule has 3 rings (SSSR count). The molecule has 0 aliphatic carbocycles. The van der Waals surface area contributed by atoms with Crippen LogP contribution in [0.4, 0.5) is 0 Å². The van der Waals surface area contributed by atoms with Crippen molar-refractivity contribution < 1.29 is 13.9 Å². The summed E-state index contributed by atoms with van der Waals surface area (Å²) in [5.41, 5.74) is 1.92. The third-order valence-electron chi connectivity index (χ3n) is 7.19. The standard InChI is InChI=1S/C34H48O4/c1-3-5-7-9-11-13-15-16-24-36-29-20-18-28(19-21-29)32-27-38-33-26-30(22-23-31(33)34(32)35)37-25-17-14-12-10-8-6-4-2/h18-23,26-27H,3-17,24-25H2,1-2H3. The first-order valence-corrected chi connectivity index (χ1v) is 15.1. The van der Waals surface area contributed by atoms with Gasteiger partial charge in [0.2, 0.25) is 0 Å². The van der Waals surface area contributed by atoms with Gasteiger partial charge in [0.15, 0.2) is 5.43 Å². The molecule has 1 aromatic heterocycles. The van der Waals surface area contributed by atoms with Crippen molar-refractivity contribution in [3.63, 3.8) is 0 Å². The number of ether oxygens (including phenoxy) is 2. The Kier molecular flexibility index (Phi) is 13.9. The molecule has 38 heavy (non-hydrogen) atoms. The number of benzene rings is 2. The Labute approximate surface area is 229 Å². The zero-order valence-corrected chi connectivity index (χ0v) is 23.8. The van der Waals surface area contributed by atoms with E-state index in [9.17, 15) is 4.79 Å². The molecule has 0 N–H and O–H groups in total. The largest absolute Gasteiger partial charge is 0.494 e.